The molecular formula is C6H9Cl2N3. The third-order valence-electron chi connectivity index (χ3n) is 1.50. The van der Waals surface area contributed by atoms with Crippen molar-refractivity contribution < 1.29 is 0 Å². The van der Waals surface area contributed by atoms with Gasteiger partial charge in [-0.3, -0.25) is 5.10 Å². The van der Waals surface area contributed by atoms with E-state index in [0.717, 1.165) is 11.3 Å². The molecule has 1 unspecified atom stereocenters. The summed E-state index contributed by atoms with van der Waals surface area (Å²) in [5.74, 6) is 0. The Bertz CT molecular complexity index is 256. The molecule has 11 heavy (non-hydrogen) atoms. The number of aromatic nitrogens is 2. The van der Waals surface area contributed by atoms with Crippen LogP contribution in [0, 0.1) is 0 Å². The van der Waals surface area contributed by atoms with Gasteiger partial charge >= 0.3 is 0 Å². The molecule has 0 spiro atoms. The maximum atomic E-state index is 5.62. The molecule has 0 bridgehead atoms. The number of H-pyrrole nitrogens is 1. The van der Waals surface area contributed by atoms with Crippen LogP contribution in [0.25, 0.3) is 6.08 Å². The van der Waals surface area contributed by atoms with E-state index in [1.807, 2.05) is 18.3 Å². The fourth-order valence-electron chi connectivity index (χ4n) is 1.01. The molecule has 0 saturated heterocycles. The summed E-state index contributed by atoms with van der Waals surface area (Å²) in [6, 6.07) is 0.00579. The van der Waals surface area contributed by atoms with Gasteiger partial charge in [-0.1, -0.05) is 12.2 Å². The van der Waals surface area contributed by atoms with Crippen molar-refractivity contribution in [2.45, 2.75) is 6.04 Å². The van der Waals surface area contributed by atoms with E-state index in [2.05, 4.69) is 10.2 Å². The molecule has 0 saturated carbocycles. The maximum absolute atomic E-state index is 5.62. The van der Waals surface area contributed by atoms with Crippen molar-refractivity contribution in [1.29, 1.82) is 0 Å². The van der Waals surface area contributed by atoms with Gasteiger partial charge in [0.2, 0.25) is 0 Å². The number of fused-ring (bicyclic) bond motifs is 1. The lowest BCUT2D eigenvalue weighted by atomic mass is 10.2. The van der Waals surface area contributed by atoms with Crippen LogP contribution < -0.4 is 5.73 Å². The highest BCUT2D eigenvalue weighted by molar-refractivity contribution is 5.85. The minimum atomic E-state index is 0. The van der Waals surface area contributed by atoms with Crippen molar-refractivity contribution in [2.75, 3.05) is 0 Å². The van der Waals surface area contributed by atoms with Crippen molar-refractivity contribution in [3.05, 3.63) is 23.5 Å². The molecule has 62 valence electrons. The van der Waals surface area contributed by atoms with Gasteiger partial charge in [0.25, 0.3) is 0 Å². The maximum Gasteiger partial charge on any atom is 0.0900 e. The summed E-state index contributed by atoms with van der Waals surface area (Å²) in [5, 5.41) is 6.71. The Morgan fingerprint density at radius 2 is 2.18 bits per heavy atom. The van der Waals surface area contributed by atoms with E-state index < -0.39 is 0 Å². The third-order valence-corrected chi connectivity index (χ3v) is 1.50. The largest absolute Gasteiger partial charge is 0.319 e. The molecule has 3 nitrogen and oxygen atoms in total. The first-order valence-electron chi connectivity index (χ1n) is 2.85. The summed E-state index contributed by atoms with van der Waals surface area (Å²) < 4.78 is 0. The molecule has 0 aliphatic heterocycles. The monoisotopic (exact) mass is 193 g/mol. The van der Waals surface area contributed by atoms with Gasteiger partial charge in [0, 0.05) is 11.8 Å². The van der Waals surface area contributed by atoms with Crippen molar-refractivity contribution in [3.8, 4) is 0 Å². The predicted molar refractivity (Wildman–Crippen MR) is 49.0 cm³/mol. The van der Waals surface area contributed by atoms with E-state index in [1.54, 1.807) is 0 Å². The topological polar surface area (TPSA) is 54.7 Å². The standard InChI is InChI=1S/C6H7N3.2ClH/c7-5-2-1-4-3-8-9-6(4)5;;/h1-3,5H,7H2,(H,8,9);2*1H. The van der Waals surface area contributed by atoms with Crippen LogP contribution in [-0.4, -0.2) is 10.2 Å². The van der Waals surface area contributed by atoms with Gasteiger partial charge in [0.15, 0.2) is 0 Å². The normalized spacial score (nSPS) is 18.5. The van der Waals surface area contributed by atoms with Crippen LogP contribution in [0.4, 0.5) is 0 Å². The molecule has 5 heteroatoms. The minimum absolute atomic E-state index is 0. The number of hydrogen-bond donors (Lipinski definition) is 2. The van der Waals surface area contributed by atoms with Crippen molar-refractivity contribution in [2.24, 2.45) is 5.73 Å². The zero-order valence-corrected chi connectivity index (χ0v) is 7.28. The molecule has 1 atom stereocenters. The molecule has 2 rings (SSSR count). The highest BCUT2D eigenvalue weighted by atomic mass is 35.5. The van der Waals surface area contributed by atoms with Crippen molar-refractivity contribution in [1.82, 2.24) is 10.2 Å². The molecular weight excluding hydrogens is 185 g/mol. The number of rotatable bonds is 0. The summed E-state index contributed by atoms with van der Waals surface area (Å²) in [6.07, 6.45) is 5.76. The van der Waals surface area contributed by atoms with Crippen molar-refractivity contribution in [3.63, 3.8) is 0 Å². The van der Waals surface area contributed by atoms with Crippen LogP contribution >= 0.6 is 24.8 Å². The smallest absolute Gasteiger partial charge is 0.0900 e. The fourth-order valence-corrected chi connectivity index (χ4v) is 1.01. The SMILES string of the molecule is Cl.Cl.NC1C=Cc2c[nH]nc21. The number of halogens is 2. The second-order valence-corrected chi connectivity index (χ2v) is 2.11. The highest BCUT2D eigenvalue weighted by Gasteiger charge is 2.14. The van der Waals surface area contributed by atoms with Crippen LogP contribution in [0.15, 0.2) is 12.3 Å². The molecule has 3 N–H and O–H groups in total. The summed E-state index contributed by atoms with van der Waals surface area (Å²) in [4.78, 5) is 0. The van der Waals surface area contributed by atoms with Crippen LogP contribution in [0.3, 0.4) is 0 Å². The van der Waals surface area contributed by atoms with E-state index in [1.165, 1.54) is 0 Å². The lowest BCUT2D eigenvalue weighted by Gasteiger charge is -1.93. The van der Waals surface area contributed by atoms with Gasteiger partial charge < -0.3 is 5.73 Å². The summed E-state index contributed by atoms with van der Waals surface area (Å²) in [7, 11) is 0. The Kier molecular flexibility index (Phi) is 3.58. The first-order valence-corrected chi connectivity index (χ1v) is 2.85. The Morgan fingerprint density at radius 3 is 2.82 bits per heavy atom. The van der Waals surface area contributed by atoms with E-state index in [4.69, 9.17) is 5.73 Å². The van der Waals surface area contributed by atoms with Gasteiger partial charge in [0.1, 0.15) is 0 Å². The third kappa shape index (κ3) is 1.56. The number of aromatic amines is 1. The Balaban J connectivity index is 0.000000500. The Labute approximate surface area is 76.9 Å². The van der Waals surface area contributed by atoms with E-state index in [-0.39, 0.29) is 30.9 Å². The number of nitrogens with one attached hydrogen (secondary N) is 1. The first kappa shape index (κ1) is 10.5. The van der Waals surface area contributed by atoms with Gasteiger partial charge in [-0.05, 0) is 0 Å². The molecule has 0 fully saturated rings. The zero-order chi connectivity index (χ0) is 6.27. The molecule has 0 amide bonds. The zero-order valence-electron chi connectivity index (χ0n) is 5.65. The second-order valence-electron chi connectivity index (χ2n) is 2.11. The van der Waals surface area contributed by atoms with Gasteiger partial charge in [0.05, 0.1) is 11.7 Å². The average Bonchev–Trinajstić information content (AvgIpc) is 2.35. The van der Waals surface area contributed by atoms with Crippen LogP contribution in [0.2, 0.25) is 0 Å². The van der Waals surface area contributed by atoms with Crippen LogP contribution in [0.5, 0.6) is 0 Å². The molecule has 1 aromatic heterocycles. The van der Waals surface area contributed by atoms with Gasteiger partial charge in [-0.2, -0.15) is 5.10 Å². The molecule has 0 aromatic carbocycles. The fraction of sp³-hybridized carbons (Fsp3) is 0.167. The Morgan fingerprint density at radius 1 is 1.45 bits per heavy atom. The predicted octanol–water partition coefficient (Wildman–Crippen LogP) is 1.28. The van der Waals surface area contributed by atoms with E-state index in [0.29, 0.717) is 0 Å². The van der Waals surface area contributed by atoms with E-state index >= 15 is 0 Å². The van der Waals surface area contributed by atoms with Crippen LogP contribution in [-0.2, 0) is 0 Å². The number of hydrogen-bond acceptors (Lipinski definition) is 2. The van der Waals surface area contributed by atoms with Gasteiger partial charge in [-0.25, -0.2) is 0 Å². The lowest BCUT2D eigenvalue weighted by Crippen LogP contribution is -2.04. The van der Waals surface area contributed by atoms with E-state index in [9.17, 15) is 0 Å². The number of nitrogens with zero attached hydrogens (tertiary/aromatic N) is 1. The molecule has 1 aliphatic rings. The van der Waals surface area contributed by atoms with Crippen LogP contribution in [0.1, 0.15) is 17.3 Å². The summed E-state index contributed by atoms with van der Waals surface area (Å²) in [5.41, 5.74) is 7.69. The Hall–Kier alpha value is -0.510. The molecule has 1 aliphatic carbocycles. The van der Waals surface area contributed by atoms with Crippen molar-refractivity contribution >= 4 is 30.9 Å². The summed E-state index contributed by atoms with van der Waals surface area (Å²) in [6.45, 7) is 0. The second kappa shape index (κ2) is 3.76. The highest BCUT2D eigenvalue weighted by Crippen LogP contribution is 2.22. The average molecular weight is 194 g/mol. The van der Waals surface area contributed by atoms with Gasteiger partial charge in [-0.15, -0.1) is 24.8 Å². The minimum Gasteiger partial charge on any atom is -0.319 e. The number of nitrogens with two attached hydrogens (primary N) is 1. The summed E-state index contributed by atoms with van der Waals surface area (Å²) >= 11 is 0. The quantitative estimate of drug-likeness (QED) is 0.653. The lowest BCUT2D eigenvalue weighted by molar-refractivity contribution is 0.858. The molecule has 1 heterocycles. The molecule has 0 radical (unpaired) electrons. The molecule has 1 aromatic rings. The first-order chi connectivity index (χ1) is 4.38.